The van der Waals surface area contributed by atoms with Crippen molar-refractivity contribution in [2.75, 3.05) is 19.8 Å². The van der Waals surface area contributed by atoms with E-state index >= 15 is 0 Å². The summed E-state index contributed by atoms with van der Waals surface area (Å²) in [7, 11) is 0. The number of halogens is 1. The van der Waals surface area contributed by atoms with Crippen LogP contribution in [0.4, 0.5) is 4.79 Å². The minimum Gasteiger partial charge on any atom is -0.453 e. The Morgan fingerprint density at radius 2 is 1.88 bits per heavy atom. The standard InChI is InChI=1S/C11H19ClO4/c1-4-10(3)15-7-11(5-2,8-16-10)6-14-9(12)13/h4-8H2,1-3H3. The normalized spacial score (nSPS) is 34.8. The quantitative estimate of drug-likeness (QED) is 0.720. The van der Waals surface area contributed by atoms with Crippen LogP contribution < -0.4 is 0 Å². The fourth-order valence-corrected chi connectivity index (χ4v) is 1.55. The average Bonchev–Trinajstić information content (AvgIpc) is 2.29. The number of hydrogen-bond donors (Lipinski definition) is 0. The summed E-state index contributed by atoms with van der Waals surface area (Å²) in [6.45, 7) is 7.24. The Balaban J connectivity index is 2.54. The van der Waals surface area contributed by atoms with Crippen molar-refractivity contribution < 1.29 is 19.0 Å². The van der Waals surface area contributed by atoms with Crippen LogP contribution in [0.2, 0.25) is 0 Å². The van der Waals surface area contributed by atoms with Gasteiger partial charge in [-0.2, -0.15) is 0 Å². The first-order valence-corrected chi connectivity index (χ1v) is 5.93. The van der Waals surface area contributed by atoms with Crippen molar-refractivity contribution in [3.63, 3.8) is 0 Å². The molecule has 0 aromatic rings. The molecule has 0 aromatic heterocycles. The lowest BCUT2D eigenvalue weighted by molar-refractivity contribution is -0.300. The van der Waals surface area contributed by atoms with Crippen LogP contribution in [0.5, 0.6) is 0 Å². The van der Waals surface area contributed by atoms with E-state index in [1.54, 1.807) is 0 Å². The first-order valence-electron chi connectivity index (χ1n) is 5.55. The van der Waals surface area contributed by atoms with Gasteiger partial charge in [-0.25, -0.2) is 4.79 Å². The predicted octanol–water partition coefficient (Wildman–Crippen LogP) is 2.93. The molecule has 0 atom stereocenters. The van der Waals surface area contributed by atoms with E-state index < -0.39 is 11.2 Å². The molecule has 0 unspecified atom stereocenters. The first kappa shape index (κ1) is 13.7. The Morgan fingerprint density at radius 1 is 1.31 bits per heavy atom. The lowest BCUT2D eigenvalue weighted by Crippen LogP contribution is -2.49. The van der Waals surface area contributed by atoms with Crippen molar-refractivity contribution in [3.05, 3.63) is 0 Å². The Bertz CT molecular complexity index is 246. The highest BCUT2D eigenvalue weighted by molar-refractivity contribution is 6.61. The van der Waals surface area contributed by atoms with Gasteiger partial charge in [-0.3, -0.25) is 0 Å². The van der Waals surface area contributed by atoms with Crippen LogP contribution in [0.15, 0.2) is 0 Å². The van der Waals surface area contributed by atoms with Crippen LogP contribution in [0, 0.1) is 5.41 Å². The smallest absolute Gasteiger partial charge is 0.403 e. The number of carbonyl (C=O) groups is 1. The van der Waals surface area contributed by atoms with Crippen LogP contribution in [0.25, 0.3) is 0 Å². The second-order valence-corrected chi connectivity index (χ2v) is 4.75. The van der Waals surface area contributed by atoms with Gasteiger partial charge >= 0.3 is 5.43 Å². The van der Waals surface area contributed by atoms with Crippen LogP contribution >= 0.6 is 11.6 Å². The van der Waals surface area contributed by atoms with E-state index in [0.29, 0.717) is 13.2 Å². The third-order valence-electron chi connectivity index (χ3n) is 3.25. The van der Waals surface area contributed by atoms with E-state index in [1.165, 1.54) is 0 Å². The summed E-state index contributed by atoms with van der Waals surface area (Å²) in [5, 5.41) is 0. The lowest BCUT2D eigenvalue weighted by Gasteiger charge is -2.43. The maximum atomic E-state index is 10.6. The fraction of sp³-hybridized carbons (Fsp3) is 0.909. The molecule has 4 nitrogen and oxygen atoms in total. The summed E-state index contributed by atoms with van der Waals surface area (Å²) in [5.41, 5.74) is -1.05. The molecule has 1 heterocycles. The minimum absolute atomic E-state index is 0.242. The monoisotopic (exact) mass is 250 g/mol. The third kappa shape index (κ3) is 3.34. The first-order chi connectivity index (χ1) is 7.45. The number of rotatable bonds is 4. The third-order valence-corrected chi connectivity index (χ3v) is 3.36. The molecule has 94 valence electrons. The van der Waals surface area contributed by atoms with Crippen LogP contribution in [0.1, 0.15) is 33.6 Å². The molecule has 0 spiro atoms. The van der Waals surface area contributed by atoms with Gasteiger partial charge in [-0.05, 0) is 19.8 Å². The van der Waals surface area contributed by atoms with E-state index in [1.807, 2.05) is 20.8 Å². The molecule has 0 bridgehead atoms. The van der Waals surface area contributed by atoms with Crippen LogP contribution in [-0.4, -0.2) is 31.0 Å². The topological polar surface area (TPSA) is 44.8 Å². The van der Waals surface area contributed by atoms with Crippen molar-refractivity contribution >= 4 is 17.0 Å². The van der Waals surface area contributed by atoms with Crippen molar-refractivity contribution in [3.8, 4) is 0 Å². The SMILES string of the molecule is CCC1(COC(=O)Cl)COC(C)(CC)OC1. The van der Waals surface area contributed by atoms with Gasteiger partial charge in [0.05, 0.1) is 18.6 Å². The Kier molecular flexibility index (Phi) is 4.59. The van der Waals surface area contributed by atoms with Gasteiger partial charge < -0.3 is 14.2 Å². The molecular formula is C11H19ClO4. The van der Waals surface area contributed by atoms with E-state index in [2.05, 4.69) is 0 Å². The molecule has 16 heavy (non-hydrogen) atoms. The van der Waals surface area contributed by atoms with Crippen LogP contribution in [0.3, 0.4) is 0 Å². The largest absolute Gasteiger partial charge is 0.453 e. The Morgan fingerprint density at radius 3 is 2.25 bits per heavy atom. The minimum atomic E-state index is -0.781. The molecule has 1 fully saturated rings. The van der Waals surface area contributed by atoms with Gasteiger partial charge in [0.25, 0.3) is 0 Å². The summed E-state index contributed by atoms with van der Waals surface area (Å²) >= 11 is 5.16. The summed E-state index contributed by atoms with van der Waals surface area (Å²) in [5.74, 6) is -0.510. The average molecular weight is 251 g/mol. The zero-order chi connectivity index (χ0) is 12.2. The zero-order valence-electron chi connectivity index (χ0n) is 10.0. The van der Waals surface area contributed by atoms with Gasteiger partial charge in [-0.1, -0.05) is 13.8 Å². The molecule has 0 aliphatic carbocycles. The van der Waals surface area contributed by atoms with Gasteiger partial charge in [0.2, 0.25) is 0 Å². The van der Waals surface area contributed by atoms with Crippen molar-refractivity contribution in [2.45, 2.75) is 39.4 Å². The Labute approximate surface area is 101 Å². The number of carbonyl (C=O) groups excluding carboxylic acids is 1. The molecule has 0 saturated carbocycles. The highest BCUT2D eigenvalue weighted by Gasteiger charge is 2.41. The second-order valence-electron chi connectivity index (χ2n) is 4.44. The Hall–Kier alpha value is -0.320. The summed E-state index contributed by atoms with van der Waals surface area (Å²) in [6, 6.07) is 0. The van der Waals surface area contributed by atoms with Gasteiger partial charge in [0.1, 0.15) is 6.61 Å². The van der Waals surface area contributed by atoms with E-state index in [0.717, 1.165) is 12.8 Å². The molecule has 0 amide bonds. The molecule has 1 saturated heterocycles. The van der Waals surface area contributed by atoms with Gasteiger partial charge in [-0.15, -0.1) is 0 Å². The maximum Gasteiger partial charge on any atom is 0.403 e. The van der Waals surface area contributed by atoms with E-state index in [9.17, 15) is 4.79 Å². The highest BCUT2D eigenvalue weighted by atomic mass is 35.5. The lowest BCUT2D eigenvalue weighted by atomic mass is 9.87. The van der Waals surface area contributed by atoms with Crippen molar-refractivity contribution in [1.29, 1.82) is 0 Å². The highest BCUT2D eigenvalue weighted by Crippen LogP contribution is 2.34. The fourth-order valence-electron chi connectivity index (χ4n) is 1.50. The molecule has 0 radical (unpaired) electrons. The molecule has 5 heteroatoms. The molecule has 1 rings (SSSR count). The summed E-state index contributed by atoms with van der Waals surface area (Å²) in [4.78, 5) is 10.6. The number of ether oxygens (including phenoxy) is 3. The predicted molar refractivity (Wildman–Crippen MR) is 60.5 cm³/mol. The second kappa shape index (κ2) is 5.34. The molecule has 0 aromatic carbocycles. The van der Waals surface area contributed by atoms with E-state index in [4.69, 9.17) is 25.8 Å². The molecule has 1 aliphatic rings. The molecule has 1 aliphatic heterocycles. The maximum absolute atomic E-state index is 10.6. The van der Waals surface area contributed by atoms with Crippen molar-refractivity contribution in [1.82, 2.24) is 0 Å². The van der Waals surface area contributed by atoms with Gasteiger partial charge in [0, 0.05) is 11.6 Å². The van der Waals surface area contributed by atoms with E-state index in [-0.39, 0.29) is 12.0 Å². The molecular weight excluding hydrogens is 232 g/mol. The zero-order valence-corrected chi connectivity index (χ0v) is 10.8. The molecule has 0 N–H and O–H groups in total. The van der Waals surface area contributed by atoms with Gasteiger partial charge in [0.15, 0.2) is 5.79 Å². The number of hydrogen-bond acceptors (Lipinski definition) is 4. The van der Waals surface area contributed by atoms with Crippen molar-refractivity contribution in [2.24, 2.45) is 5.41 Å². The van der Waals surface area contributed by atoms with Crippen LogP contribution in [-0.2, 0) is 14.2 Å². The summed E-state index contributed by atoms with van der Waals surface area (Å²) in [6.07, 6.45) is 1.61. The summed E-state index contributed by atoms with van der Waals surface area (Å²) < 4.78 is 16.2.